The lowest BCUT2D eigenvalue weighted by Crippen LogP contribution is -2.28. The molecular formula is C21H22N4O4S2. The zero-order valence-corrected chi connectivity index (χ0v) is 18.8. The van der Waals surface area contributed by atoms with Crippen molar-refractivity contribution >= 4 is 34.7 Å². The Bertz CT molecular complexity index is 1140. The van der Waals surface area contributed by atoms with Crippen molar-refractivity contribution < 1.29 is 19.1 Å². The third-order valence-electron chi connectivity index (χ3n) is 4.92. The van der Waals surface area contributed by atoms with Gasteiger partial charge >= 0.3 is 0 Å². The molecule has 0 aliphatic heterocycles. The topological polar surface area (TPSA) is 116 Å². The van der Waals surface area contributed by atoms with Gasteiger partial charge in [-0.25, -0.2) is 9.36 Å². The quantitative estimate of drug-likeness (QED) is 0.500. The Morgan fingerprint density at radius 2 is 2.13 bits per heavy atom. The van der Waals surface area contributed by atoms with Crippen LogP contribution in [0.1, 0.15) is 43.9 Å². The summed E-state index contributed by atoms with van der Waals surface area (Å²) in [4.78, 5) is 30.2. The second-order valence-corrected chi connectivity index (χ2v) is 8.74. The summed E-state index contributed by atoms with van der Waals surface area (Å²) in [6.07, 6.45) is 3.40. The average Bonchev–Trinajstić information content (AvgIpc) is 3.37. The summed E-state index contributed by atoms with van der Waals surface area (Å²) in [6, 6.07) is 3.33. The Hall–Kier alpha value is -2.82. The fourth-order valence-corrected chi connectivity index (χ4v) is 5.44. The van der Waals surface area contributed by atoms with Crippen molar-refractivity contribution in [2.45, 2.75) is 26.7 Å². The van der Waals surface area contributed by atoms with Crippen molar-refractivity contribution in [3.05, 3.63) is 45.7 Å². The maximum absolute atomic E-state index is 12.3. The minimum Gasteiger partial charge on any atom is -0.444 e. The second kappa shape index (κ2) is 9.13. The van der Waals surface area contributed by atoms with E-state index in [1.807, 2.05) is 13.1 Å². The van der Waals surface area contributed by atoms with Crippen molar-refractivity contribution in [2.75, 3.05) is 19.8 Å². The molecule has 0 saturated heterocycles. The first-order valence-corrected chi connectivity index (χ1v) is 11.5. The van der Waals surface area contributed by atoms with Crippen LogP contribution in [0.25, 0.3) is 10.4 Å². The maximum Gasteiger partial charge on any atom is 0.269 e. The Morgan fingerprint density at radius 1 is 1.29 bits per heavy atom. The molecule has 31 heavy (non-hydrogen) atoms. The number of thiophene rings is 1. The van der Waals surface area contributed by atoms with Crippen molar-refractivity contribution in [3.63, 3.8) is 0 Å². The van der Waals surface area contributed by atoms with Gasteiger partial charge < -0.3 is 20.5 Å². The zero-order chi connectivity index (χ0) is 22.0. The Balaban J connectivity index is 1.59. The van der Waals surface area contributed by atoms with E-state index in [1.165, 1.54) is 22.9 Å². The molecule has 0 aromatic carbocycles. The fraction of sp³-hybridized carbons (Fsp3) is 0.333. The van der Waals surface area contributed by atoms with E-state index < -0.39 is 5.91 Å². The number of carbonyl (C=O) groups excluding carboxylic acids is 2. The highest BCUT2D eigenvalue weighted by atomic mass is 32.1. The summed E-state index contributed by atoms with van der Waals surface area (Å²) in [5.74, 6) is -0.214. The largest absolute Gasteiger partial charge is 0.444 e. The van der Waals surface area contributed by atoms with Crippen molar-refractivity contribution in [3.8, 4) is 21.3 Å². The number of aromatic nitrogens is 2. The van der Waals surface area contributed by atoms with Gasteiger partial charge in [-0.3, -0.25) is 9.59 Å². The summed E-state index contributed by atoms with van der Waals surface area (Å²) in [5.41, 5.74) is 9.44. The minimum absolute atomic E-state index is 0.270. The van der Waals surface area contributed by atoms with E-state index in [-0.39, 0.29) is 5.91 Å². The van der Waals surface area contributed by atoms with Crippen molar-refractivity contribution in [2.24, 2.45) is 5.73 Å². The van der Waals surface area contributed by atoms with Crippen LogP contribution in [0, 0.1) is 6.92 Å². The molecule has 0 atom stereocenters. The predicted octanol–water partition coefficient (Wildman–Crippen LogP) is 3.33. The molecule has 0 radical (unpaired) electrons. The average molecular weight is 459 g/mol. The summed E-state index contributed by atoms with van der Waals surface area (Å²) in [5, 5.41) is 3.36. The molecule has 4 rings (SSSR count). The van der Waals surface area contributed by atoms with Gasteiger partial charge in [0.1, 0.15) is 11.4 Å². The van der Waals surface area contributed by atoms with Crippen LogP contribution in [0.2, 0.25) is 0 Å². The first-order valence-electron chi connectivity index (χ1n) is 9.90. The number of aryl methyl sites for hydroxylation is 2. The molecule has 0 unspecified atom stereocenters. The van der Waals surface area contributed by atoms with Gasteiger partial charge in [-0.2, -0.15) is 0 Å². The SMILES string of the molecule is CCOCCNC(=O)c1ccc(Oc2sc(C(N)=O)c3c2-c2sncc2CC3)c(C)n1. The number of amides is 2. The highest BCUT2D eigenvalue weighted by Gasteiger charge is 2.30. The van der Waals surface area contributed by atoms with Crippen molar-refractivity contribution in [1.82, 2.24) is 14.7 Å². The Morgan fingerprint density at radius 3 is 2.87 bits per heavy atom. The highest BCUT2D eigenvalue weighted by molar-refractivity contribution is 7.17. The van der Waals surface area contributed by atoms with E-state index in [9.17, 15) is 9.59 Å². The molecule has 3 N–H and O–H groups in total. The molecule has 0 fully saturated rings. The molecular weight excluding hydrogens is 436 g/mol. The van der Waals surface area contributed by atoms with Crippen LogP contribution in [0.3, 0.4) is 0 Å². The molecule has 1 aliphatic rings. The van der Waals surface area contributed by atoms with E-state index in [1.54, 1.807) is 19.1 Å². The molecule has 0 bridgehead atoms. The molecule has 1 aliphatic carbocycles. The van der Waals surface area contributed by atoms with Gasteiger partial charge in [0.2, 0.25) is 0 Å². The first kappa shape index (κ1) is 21.4. The summed E-state index contributed by atoms with van der Waals surface area (Å²) < 4.78 is 15.7. The van der Waals surface area contributed by atoms with Crippen LogP contribution in [-0.4, -0.2) is 40.9 Å². The standard InChI is InChI=1S/C21H22N4O4S2/c1-3-28-9-8-23-20(27)14-6-7-15(11(2)25-14)29-21-16-13(18(30-21)19(22)26)5-4-12-10-24-31-17(12)16/h6-7,10H,3-5,8-9H2,1-2H3,(H2,22,26)(H,23,27). The number of hydrogen-bond acceptors (Lipinski definition) is 8. The van der Waals surface area contributed by atoms with Crippen LogP contribution < -0.4 is 15.8 Å². The molecule has 10 heteroatoms. The van der Waals surface area contributed by atoms with Crippen LogP contribution in [0.4, 0.5) is 0 Å². The Labute approximate surface area is 187 Å². The number of nitrogens with zero attached hydrogens (tertiary/aromatic N) is 2. The van der Waals surface area contributed by atoms with E-state index in [2.05, 4.69) is 14.7 Å². The monoisotopic (exact) mass is 458 g/mol. The normalized spacial score (nSPS) is 12.2. The van der Waals surface area contributed by atoms with Crippen LogP contribution in [-0.2, 0) is 17.6 Å². The minimum atomic E-state index is -0.460. The predicted molar refractivity (Wildman–Crippen MR) is 119 cm³/mol. The van der Waals surface area contributed by atoms with Gasteiger partial charge in [-0.05, 0) is 61.5 Å². The number of ether oxygens (including phenoxy) is 2. The van der Waals surface area contributed by atoms with Gasteiger partial charge in [-0.15, -0.1) is 0 Å². The van der Waals surface area contributed by atoms with Crippen LogP contribution >= 0.6 is 22.9 Å². The number of hydrogen-bond donors (Lipinski definition) is 2. The smallest absolute Gasteiger partial charge is 0.269 e. The van der Waals surface area contributed by atoms with Gasteiger partial charge in [0.15, 0.2) is 5.06 Å². The third kappa shape index (κ3) is 4.32. The molecule has 3 aromatic heterocycles. The molecule has 3 aromatic rings. The number of fused-ring (bicyclic) bond motifs is 3. The zero-order valence-electron chi connectivity index (χ0n) is 17.2. The van der Waals surface area contributed by atoms with Gasteiger partial charge in [0.25, 0.3) is 11.8 Å². The van der Waals surface area contributed by atoms with Gasteiger partial charge in [0.05, 0.1) is 27.6 Å². The van der Waals surface area contributed by atoms with E-state index in [4.69, 9.17) is 15.2 Å². The lowest BCUT2D eigenvalue weighted by Gasteiger charge is -2.14. The molecule has 162 valence electrons. The number of carbonyl (C=O) groups is 2. The summed E-state index contributed by atoms with van der Waals surface area (Å²) in [7, 11) is 0. The van der Waals surface area contributed by atoms with Gasteiger partial charge in [0, 0.05) is 19.3 Å². The number of nitrogens with two attached hydrogens (primary N) is 1. The highest BCUT2D eigenvalue weighted by Crippen LogP contribution is 2.50. The number of rotatable bonds is 8. The first-order chi connectivity index (χ1) is 15.0. The number of nitrogens with one attached hydrogen (secondary N) is 1. The fourth-order valence-electron chi connectivity index (χ4n) is 3.44. The van der Waals surface area contributed by atoms with E-state index in [0.717, 1.165) is 34.4 Å². The van der Waals surface area contributed by atoms with E-state index in [0.29, 0.717) is 46.8 Å². The maximum atomic E-state index is 12.3. The van der Waals surface area contributed by atoms with Crippen LogP contribution in [0.5, 0.6) is 10.8 Å². The van der Waals surface area contributed by atoms with E-state index >= 15 is 0 Å². The molecule has 8 nitrogen and oxygen atoms in total. The number of primary amides is 1. The van der Waals surface area contributed by atoms with Crippen molar-refractivity contribution in [1.29, 1.82) is 0 Å². The summed E-state index contributed by atoms with van der Waals surface area (Å²) in [6.45, 7) is 5.15. The molecule has 3 heterocycles. The molecule has 0 saturated carbocycles. The lowest BCUT2D eigenvalue weighted by atomic mass is 9.93. The molecule has 0 spiro atoms. The van der Waals surface area contributed by atoms with Crippen LogP contribution in [0.15, 0.2) is 18.3 Å². The summed E-state index contributed by atoms with van der Waals surface area (Å²) >= 11 is 2.63. The lowest BCUT2D eigenvalue weighted by molar-refractivity contribution is 0.0917. The second-order valence-electron chi connectivity index (χ2n) is 6.95. The van der Waals surface area contributed by atoms with Gasteiger partial charge in [-0.1, -0.05) is 11.3 Å². The third-order valence-corrected chi connectivity index (χ3v) is 6.91. The Kier molecular flexibility index (Phi) is 6.30. The number of pyridine rings is 1. The molecule has 2 amide bonds.